The van der Waals surface area contributed by atoms with Gasteiger partial charge < -0.3 is 14.6 Å². The Kier molecular flexibility index (Phi) is 4.49. The van der Waals surface area contributed by atoms with Crippen LogP contribution in [0.1, 0.15) is 38.1 Å². The van der Waals surface area contributed by atoms with Gasteiger partial charge in [-0.3, -0.25) is 9.97 Å². The van der Waals surface area contributed by atoms with E-state index in [1.54, 1.807) is 33.2 Å². The van der Waals surface area contributed by atoms with E-state index in [2.05, 4.69) is 9.97 Å². The summed E-state index contributed by atoms with van der Waals surface area (Å²) in [5, 5.41) is 20.0. The second kappa shape index (κ2) is 6.86. The van der Waals surface area contributed by atoms with Gasteiger partial charge in [0.1, 0.15) is 16.9 Å². The van der Waals surface area contributed by atoms with Crippen molar-refractivity contribution in [1.29, 1.82) is 0 Å². The molecule has 28 heavy (non-hydrogen) atoms. The second-order valence-corrected chi connectivity index (χ2v) is 7.47. The molecule has 5 heteroatoms. The zero-order valence-corrected chi connectivity index (χ0v) is 16.0. The summed E-state index contributed by atoms with van der Waals surface area (Å²) in [6.45, 7) is 5.16. The molecular formula is C23H22N2O3. The standard InChI is InChI=1S/C23H22N2O3/c1-14(26)15-4-6-16(7-5-15)20-13-19-22(28-20)18(9-11-24-19)17-8-10-25-21(12-17)23(2,3)27/h4-14,26-27H,1-3H3. The minimum Gasteiger partial charge on any atom is -0.454 e. The Bertz CT molecular complexity index is 1120. The second-order valence-electron chi connectivity index (χ2n) is 7.47. The molecule has 0 aliphatic carbocycles. The van der Waals surface area contributed by atoms with Crippen molar-refractivity contribution in [3.8, 4) is 22.5 Å². The number of rotatable bonds is 4. The molecule has 0 radical (unpaired) electrons. The van der Waals surface area contributed by atoms with E-state index in [-0.39, 0.29) is 0 Å². The van der Waals surface area contributed by atoms with Crippen LogP contribution in [0, 0.1) is 0 Å². The van der Waals surface area contributed by atoms with Crippen molar-refractivity contribution in [2.45, 2.75) is 32.5 Å². The Morgan fingerprint density at radius 2 is 1.64 bits per heavy atom. The van der Waals surface area contributed by atoms with Crippen molar-refractivity contribution >= 4 is 11.1 Å². The van der Waals surface area contributed by atoms with Crippen LogP contribution in [-0.2, 0) is 5.60 Å². The molecule has 0 saturated heterocycles. The van der Waals surface area contributed by atoms with Gasteiger partial charge in [-0.15, -0.1) is 0 Å². The maximum atomic E-state index is 10.3. The lowest BCUT2D eigenvalue weighted by Crippen LogP contribution is -2.17. The fourth-order valence-electron chi connectivity index (χ4n) is 3.17. The maximum absolute atomic E-state index is 10.3. The van der Waals surface area contributed by atoms with Gasteiger partial charge in [0, 0.05) is 29.6 Å². The van der Waals surface area contributed by atoms with Gasteiger partial charge in [-0.2, -0.15) is 0 Å². The normalized spacial score (nSPS) is 13.0. The molecule has 0 aliphatic rings. The molecule has 0 bridgehead atoms. The predicted octanol–water partition coefficient (Wildman–Crippen LogP) is 4.84. The van der Waals surface area contributed by atoms with E-state index >= 15 is 0 Å². The first-order valence-electron chi connectivity index (χ1n) is 9.19. The first-order chi connectivity index (χ1) is 13.3. The maximum Gasteiger partial charge on any atom is 0.161 e. The molecule has 0 amide bonds. The Morgan fingerprint density at radius 1 is 0.929 bits per heavy atom. The van der Waals surface area contributed by atoms with Crippen LogP contribution in [0.15, 0.2) is 65.3 Å². The van der Waals surface area contributed by atoms with Gasteiger partial charge in [0.25, 0.3) is 0 Å². The third-order valence-corrected chi connectivity index (χ3v) is 4.79. The molecular weight excluding hydrogens is 352 g/mol. The molecule has 0 saturated carbocycles. The fraction of sp³-hybridized carbons (Fsp3) is 0.217. The molecule has 4 aromatic rings. The monoisotopic (exact) mass is 374 g/mol. The third kappa shape index (κ3) is 3.42. The third-order valence-electron chi connectivity index (χ3n) is 4.79. The molecule has 1 atom stereocenters. The van der Waals surface area contributed by atoms with Crippen LogP contribution in [0.3, 0.4) is 0 Å². The van der Waals surface area contributed by atoms with Crippen LogP contribution >= 0.6 is 0 Å². The van der Waals surface area contributed by atoms with E-state index in [4.69, 9.17) is 4.42 Å². The number of aliphatic hydroxyl groups is 2. The van der Waals surface area contributed by atoms with Crippen LogP contribution in [0.25, 0.3) is 33.6 Å². The Morgan fingerprint density at radius 3 is 2.32 bits per heavy atom. The number of benzene rings is 1. The summed E-state index contributed by atoms with van der Waals surface area (Å²) in [5.74, 6) is 0.712. The zero-order chi connectivity index (χ0) is 19.9. The quantitative estimate of drug-likeness (QED) is 0.534. The summed E-state index contributed by atoms with van der Waals surface area (Å²) >= 11 is 0. The lowest BCUT2D eigenvalue weighted by Gasteiger charge is -2.17. The molecule has 0 fully saturated rings. The molecule has 142 valence electrons. The van der Waals surface area contributed by atoms with Crippen molar-refractivity contribution in [1.82, 2.24) is 9.97 Å². The van der Waals surface area contributed by atoms with Crippen LogP contribution in [0.5, 0.6) is 0 Å². The van der Waals surface area contributed by atoms with Crippen LogP contribution in [0.2, 0.25) is 0 Å². The average molecular weight is 374 g/mol. The minimum absolute atomic E-state index is 0.505. The summed E-state index contributed by atoms with van der Waals surface area (Å²) in [6.07, 6.45) is 2.93. The molecule has 2 N–H and O–H groups in total. The SMILES string of the molecule is CC(O)c1ccc(-c2cc3nccc(-c4ccnc(C(C)(C)O)c4)c3o2)cc1. The molecule has 4 rings (SSSR count). The topological polar surface area (TPSA) is 79.4 Å². The number of hydrogen-bond acceptors (Lipinski definition) is 5. The predicted molar refractivity (Wildman–Crippen MR) is 109 cm³/mol. The number of hydrogen-bond donors (Lipinski definition) is 2. The summed E-state index contributed by atoms with van der Waals surface area (Å²) < 4.78 is 6.16. The number of pyridine rings is 2. The summed E-state index contributed by atoms with van der Waals surface area (Å²) in [4.78, 5) is 8.71. The molecule has 0 aliphatic heterocycles. The highest BCUT2D eigenvalue weighted by molar-refractivity contribution is 5.92. The molecule has 5 nitrogen and oxygen atoms in total. The lowest BCUT2D eigenvalue weighted by molar-refractivity contribution is 0.0739. The van der Waals surface area contributed by atoms with Crippen LogP contribution in [-0.4, -0.2) is 20.2 Å². The van der Waals surface area contributed by atoms with Gasteiger partial charge in [-0.1, -0.05) is 24.3 Å². The Labute approximate surface area is 163 Å². The summed E-state index contributed by atoms with van der Waals surface area (Å²) in [7, 11) is 0. The van der Waals surface area contributed by atoms with Crippen LogP contribution < -0.4 is 0 Å². The van der Waals surface area contributed by atoms with E-state index in [0.717, 1.165) is 27.8 Å². The smallest absolute Gasteiger partial charge is 0.161 e. The number of fused-ring (bicyclic) bond motifs is 1. The highest BCUT2D eigenvalue weighted by Gasteiger charge is 2.19. The van der Waals surface area contributed by atoms with Crippen molar-refractivity contribution in [3.05, 3.63) is 72.2 Å². The number of nitrogens with zero attached hydrogens (tertiary/aromatic N) is 2. The first-order valence-corrected chi connectivity index (χ1v) is 9.19. The highest BCUT2D eigenvalue weighted by atomic mass is 16.3. The van der Waals surface area contributed by atoms with Gasteiger partial charge in [0.2, 0.25) is 0 Å². The molecule has 1 aromatic carbocycles. The van der Waals surface area contributed by atoms with Crippen LogP contribution in [0.4, 0.5) is 0 Å². The van der Waals surface area contributed by atoms with Crippen molar-refractivity contribution < 1.29 is 14.6 Å². The van der Waals surface area contributed by atoms with Gasteiger partial charge in [0.15, 0.2) is 5.58 Å². The molecule has 1 unspecified atom stereocenters. The van der Waals surface area contributed by atoms with E-state index in [1.807, 2.05) is 48.5 Å². The largest absolute Gasteiger partial charge is 0.454 e. The van der Waals surface area contributed by atoms with Gasteiger partial charge in [-0.05, 0) is 50.1 Å². The van der Waals surface area contributed by atoms with Crippen molar-refractivity contribution in [2.24, 2.45) is 0 Å². The van der Waals surface area contributed by atoms with E-state index in [1.165, 1.54) is 0 Å². The fourth-order valence-corrected chi connectivity index (χ4v) is 3.17. The Balaban J connectivity index is 1.80. The van der Waals surface area contributed by atoms with Crippen molar-refractivity contribution in [3.63, 3.8) is 0 Å². The highest BCUT2D eigenvalue weighted by Crippen LogP contribution is 2.34. The lowest BCUT2D eigenvalue weighted by atomic mass is 10.00. The minimum atomic E-state index is -1.03. The summed E-state index contributed by atoms with van der Waals surface area (Å²) in [5.41, 5.74) is 4.58. The number of aliphatic hydroxyl groups excluding tert-OH is 1. The molecule has 0 spiro atoms. The average Bonchev–Trinajstić information content (AvgIpc) is 3.12. The molecule has 3 heterocycles. The molecule has 3 aromatic heterocycles. The number of furan rings is 1. The van der Waals surface area contributed by atoms with Crippen molar-refractivity contribution in [2.75, 3.05) is 0 Å². The van der Waals surface area contributed by atoms with Gasteiger partial charge in [-0.25, -0.2) is 0 Å². The zero-order valence-electron chi connectivity index (χ0n) is 16.0. The number of aromatic nitrogens is 2. The van der Waals surface area contributed by atoms with E-state index in [0.29, 0.717) is 17.0 Å². The van der Waals surface area contributed by atoms with Gasteiger partial charge in [0.05, 0.1) is 11.8 Å². The van der Waals surface area contributed by atoms with E-state index in [9.17, 15) is 10.2 Å². The first kappa shape index (κ1) is 18.3. The van der Waals surface area contributed by atoms with Gasteiger partial charge >= 0.3 is 0 Å². The van der Waals surface area contributed by atoms with E-state index < -0.39 is 11.7 Å². The Hall–Kier alpha value is -3.02. The summed E-state index contributed by atoms with van der Waals surface area (Å²) in [6, 6.07) is 15.2.